The van der Waals surface area contributed by atoms with Gasteiger partial charge in [-0.1, -0.05) is 6.08 Å². The molecular formula is C12H17N3O2S. The molecule has 1 aliphatic heterocycles. The number of hydrogen-bond acceptors (Lipinski definition) is 5. The molecule has 0 saturated heterocycles. The highest BCUT2D eigenvalue weighted by Gasteiger charge is 2.24. The lowest BCUT2D eigenvalue weighted by atomic mass is 10.1. The van der Waals surface area contributed by atoms with E-state index in [1.165, 1.54) is 11.5 Å². The Morgan fingerprint density at radius 1 is 1.50 bits per heavy atom. The molecule has 0 radical (unpaired) electrons. The zero-order chi connectivity index (χ0) is 13.2. The van der Waals surface area contributed by atoms with Crippen molar-refractivity contribution in [2.45, 2.75) is 32.8 Å². The normalized spacial score (nSPS) is 16.4. The van der Waals surface area contributed by atoms with Gasteiger partial charge in [-0.3, -0.25) is 0 Å². The second kappa shape index (κ2) is 5.06. The van der Waals surface area contributed by atoms with Crippen LogP contribution >= 0.6 is 11.5 Å². The van der Waals surface area contributed by atoms with Crippen LogP contribution in [0, 0.1) is 0 Å². The molecule has 0 aromatic carbocycles. The Hall–Kier alpha value is -1.43. The van der Waals surface area contributed by atoms with E-state index in [4.69, 9.17) is 4.74 Å². The number of amides is 1. The third-order valence-electron chi connectivity index (χ3n) is 2.50. The fourth-order valence-electron chi connectivity index (χ4n) is 1.67. The van der Waals surface area contributed by atoms with Crippen molar-refractivity contribution in [2.75, 3.05) is 13.1 Å². The van der Waals surface area contributed by atoms with E-state index < -0.39 is 5.60 Å². The van der Waals surface area contributed by atoms with Crippen LogP contribution < -0.4 is 0 Å². The summed E-state index contributed by atoms with van der Waals surface area (Å²) in [6.45, 7) is 6.86. The summed E-state index contributed by atoms with van der Waals surface area (Å²) in [6, 6.07) is 0. The SMILES string of the molecule is CC(C)(C)OC(=O)N1CC=C(c2ncns2)CC1. The fourth-order valence-corrected chi connectivity index (χ4v) is 2.26. The minimum atomic E-state index is -0.444. The van der Waals surface area contributed by atoms with Crippen LogP contribution in [0.4, 0.5) is 4.79 Å². The summed E-state index contributed by atoms with van der Waals surface area (Å²) in [6.07, 6.45) is 4.12. The number of carbonyl (C=O) groups excluding carboxylic acids is 1. The lowest BCUT2D eigenvalue weighted by Crippen LogP contribution is -2.39. The van der Waals surface area contributed by atoms with Crippen LogP contribution in [0.3, 0.4) is 0 Å². The zero-order valence-electron chi connectivity index (χ0n) is 10.8. The molecule has 0 unspecified atom stereocenters. The van der Waals surface area contributed by atoms with Crippen LogP contribution in [0.5, 0.6) is 0 Å². The smallest absolute Gasteiger partial charge is 0.410 e. The Morgan fingerprint density at radius 3 is 2.78 bits per heavy atom. The second-order valence-electron chi connectivity index (χ2n) is 5.15. The quantitative estimate of drug-likeness (QED) is 0.784. The molecule has 0 atom stereocenters. The van der Waals surface area contributed by atoms with E-state index in [9.17, 15) is 4.79 Å². The van der Waals surface area contributed by atoms with Crippen molar-refractivity contribution in [1.82, 2.24) is 14.3 Å². The van der Waals surface area contributed by atoms with Crippen molar-refractivity contribution in [3.8, 4) is 0 Å². The van der Waals surface area contributed by atoms with Gasteiger partial charge in [-0.2, -0.15) is 4.37 Å². The van der Waals surface area contributed by atoms with Gasteiger partial charge in [0.25, 0.3) is 0 Å². The largest absolute Gasteiger partial charge is 0.444 e. The van der Waals surface area contributed by atoms with Gasteiger partial charge in [0, 0.05) is 13.1 Å². The van der Waals surface area contributed by atoms with E-state index in [1.807, 2.05) is 26.8 Å². The fraction of sp³-hybridized carbons (Fsp3) is 0.583. The number of nitrogens with zero attached hydrogens (tertiary/aromatic N) is 3. The van der Waals surface area contributed by atoms with Crippen molar-refractivity contribution >= 4 is 23.2 Å². The first-order chi connectivity index (χ1) is 8.46. The average Bonchev–Trinajstić information content (AvgIpc) is 2.80. The standard InChI is InChI=1S/C12H17N3O2S/c1-12(2,3)17-11(16)15-6-4-9(5-7-15)10-13-8-14-18-10/h4,8H,5-7H2,1-3H3. The first-order valence-corrected chi connectivity index (χ1v) is 6.67. The number of rotatable bonds is 1. The maximum atomic E-state index is 11.9. The van der Waals surface area contributed by atoms with E-state index in [0.717, 1.165) is 17.0 Å². The molecule has 2 heterocycles. The molecule has 0 N–H and O–H groups in total. The summed E-state index contributed by atoms with van der Waals surface area (Å²) in [7, 11) is 0. The maximum absolute atomic E-state index is 11.9. The second-order valence-corrected chi connectivity index (χ2v) is 5.93. The molecular weight excluding hydrogens is 250 g/mol. The molecule has 0 saturated carbocycles. The number of ether oxygens (including phenoxy) is 1. The lowest BCUT2D eigenvalue weighted by molar-refractivity contribution is 0.0270. The van der Waals surface area contributed by atoms with Crippen molar-refractivity contribution in [2.24, 2.45) is 0 Å². The minimum Gasteiger partial charge on any atom is -0.444 e. The monoisotopic (exact) mass is 267 g/mol. The van der Waals surface area contributed by atoms with Gasteiger partial charge in [0.05, 0.1) is 0 Å². The highest BCUT2D eigenvalue weighted by atomic mass is 32.1. The predicted octanol–water partition coefficient (Wildman–Crippen LogP) is 2.56. The Kier molecular flexibility index (Phi) is 3.65. The van der Waals surface area contributed by atoms with Crippen molar-refractivity contribution in [3.63, 3.8) is 0 Å². The van der Waals surface area contributed by atoms with Gasteiger partial charge >= 0.3 is 6.09 Å². The van der Waals surface area contributed by atoms with E-state index >= 15 is 0 Å². The molecule has 5 nitrogen and oxygen atoms in total. The third-order valence-corrected chi connectivity index (χ3v) is 3.24. The molecule has 1 aromatic rings. The van der Waals surface area contributed by atoms with Crippen LogP contribution in [-0.2, 0) is 4.74 Å². The summed E-state index contributed by atoms with van der Waals surface area (Å²) in [4.78, 5) is 17.7. The molecule has 0 fully saturated rings. The molecule has 1 aliphatic rings. The average molecular weight is 267 g/mol. The third kappa shape index (κ3) is 3.29. The van der Waals surface area contributed by atoms with E-state index in [-0.39, 0.29) is 6.09 Å². The highest BCUT2D eigenvalue weighted by molar-refractivity contribution is 7.06. The van der Waals surface area contributed by atoms with Crippen LogP contribution in [-0.4, -0.2) is 39.0 Å². The molecule has 98 valence electrons. The number of aromatic nitrogens is 2. The molecule has 2 rings (SSSR count). The first kappa shape index (κ1) is 13.0. The molecule has 0 spiro atoms. The first-order valence-electron chi connectivity index (χ1n) is 5.90. The van der Waals surface area contributed by atoms with Gasteiger partial charge in [0.2, 0.25) is 0 Å². The topological polar surface area (TPSA) is 55.3 Å². The number of carbonyl (C=O) groups is 1. The molecule has 1 amide bonds. The Balaban J connectivity index is 1.96. The molecule has 0 bridgehead atoms. The van der Waals surface area contributed by atoms with Crippen molar-refractivity contribution < 1.29 is 9.53 Å². The van der Waals surface area contributed by atoms with Gasteiger partial charge in [0.15, 0.2) is 0 Å². The summed E-state index contributed by atoms with van der Waals surface area (Å²) in [5.41, 5.74) is 0.720. The Labute approximate surface area is 111 Å². The zero-order valence-corrected chi connectivity index (χ0v) is 11.7. The molecule has 18 heavy (non-hydrogen) atoms. The highest BCUT2D eigenvalue weighted by Crippen LogP contribution is 2.23. The predicted molar refractivity (Wildman–Crippen MR) is 70.3 cm³/mol. The van der Waals surface area contributed by atoms with E-state index in [0.29, 0.717) is 13.1 Å². The van der Waals surface area contributed by atoms with Crippen LogP contribution in [0.25, 0.3) is 5.57 Å². The van der Waals surface area contributed by atoms with Gasteiger partial charge in [-0.05, 0) is 44.3 Å². The van der Waals surface area contributed by atoms with Crippen LogP contribution in [0.1, 0.15) is 32.2 Å². The summed E-state index contributed by atoms with van der Waals surface area (Å²) in [5.74, 6) is 0. The Bertz CT molecular complexity index is 448. The molecule has 6 heteroatoms. The van der Waals surface area contributed by atoms with Crippen molar-refractivity contribution in [1.29, 1.82) is 0 Å². The van der Waals surface area contributed by atoms with Crippen molar-refractivity contribution in [3.05, 3.63) is 17.4 Å². The van der Waals surface area contributed by atoms with E-state index in [2.05, 4.69) is 9.36 Å². The number of hydrogen-bond donors (Lipinski definition) is 0. The molecule has 1 aromatic heterocycles. The maximum Gasteiger partial charge on any atom is 0.410 e. The van der Waals surface area contributed by atoms with Gasteiger partial charge < -0.3 is 9.64 Å². The summed E-state index contributed by atoms with van der Waals surface area (Å²) < 4.78 is 9.32. The van der Waals surface area contributed by atoms with Crippen LogP contribution in [0.2, 0.25) is 0 Å². The Morgan fingerprint density at radius 2 is 2.28 bits per heavy atom. The van der Waals surface area contributed by atoms with Crippen LogP contribution in [0.15, 0.2) is 12.4 Å². The summed E-state index contributed by atoms with van der Waals surface area (Å²) in [5, 5.41) is 0.943. The minimum absolute atomic E-state index is 0.255. The van der Waals surface area contributed by atoms with E-state index in [1.54, 1.807) is 11.2 Å². The summed E-state index contributed by atoms with van der Waals surface area (Å²) >= 11 is 1.38. The van der Waals surface area contributed by atoms with Gasteiger partial charge in [0.1, 0.15) is 16.9 Å². The lowest BCUT2D eigenvalue weighted by Gasteiger charge is -2.29. The van der Waals surface area contributed by atoms with Gasteiger partial charge in [-0.15, -0.1) is 0 Å². The van der Waals surface area contributed by atoms with Gasteiger partial charge in [-0.25, -0.2) is 9.78 Å². The molecule has 0 aliphatic carbocycles.